The SMILES string of the molecule is COc1cc(CCC(=O)NCCN2CCOCC2)cc(OC)c1OC. The summed E-state index contributed by atoms with van der Waals surface area (Å²) in [6, 6.07) is 3.75. The smallest absolute Gasteiger partial charge is 0.220 e. The number of carbonyl (C=O) groups is 1. The number of methoxy groups -OCH3 is 3. The number of nitrogens with zero attached hydrogens (tertiary/aromatic N) is 1. The Kier molecular flexibility index (Phi) is 7.81. The molecular formula is C18H28N2O5. The Morgan fingerprint density at radius 1 is 1.12 bits per heavy atom. The van der Waals surface area contributed by atoms with E-state index in [4.69, 9.17) is 18.9 Å². The predicted octanol–water partition coefficient (Wildman–Crippen LogP) is 1.09. The van der Waals surface area contributed by atoms with Gasteiger partial charge in [-0.15, -0.1) is 0 Å². The average Bonchev–Trinajstić information content (AvgIpc) is 2.66. The van der Waals surface area contributed by atoms with Crippen molar-refractivity contribution in [1.82, 2.24) is 10.2 Å². The summed E-state index contributed by atoms with van der Waals surface area (Å²) >= 11 is 0. The van der Waals surface area contributed by atoms with Crippen molar-refractivity contribution in [1.29, 1.82) is 0 Å². The van der Waals surface area contributed by atoms with E-state index in [-0.39, 0.29) is 5.91 Å². The molecule has 1 amide bonds. The summed E-state index contributed by atoms with van der Waals surface area (Å²) in [5, 5.41) is 2.97. The van der Waals surface area contributed by atoms with Gasteiger partial charge in [-0.25, -0.2) is 0 Å². The number of aryl methyl sites for hydroxylation is 1. The lowest BCUT2D eigenvalue weighted by molar-refractivity contribution is -0.121. The van der Waals surface area contributed by atoms with Crippen LogP contribution in [0.5, 0.6) is 17.2 Å². The van der Waals surface area contributed by atoms with E-state index in [2.05, 4.69) is 10.2 Å². The molecule has 0 aromatic heterocycles. The molecule has 0 aliphatic carbocycles. The molecule has 25 heavy (non-hydrogen) atoms. The minimum Gasteiger partial charge on any atom is -0.493 e. The lowest BCUT2D eigenvalue weighted by Gasteiger charge is -2.26. The van der Waals surface area contributed by atoms with Gasteiger partial charge in [0.05, 0.1) is 34.5 Å². The summed E-state index contributed by atoms with van der Waals surface area (Å²) in [7, 11) is 4.74. The van der Waals surface area contributed by atoms with Crippen molar-refractivity contribution in [2.24, 2.45) is 0 Å². The van der Waals surface area contributed by atoms with Gasteiger partial charge in [0.15, 0.2) is 11.5 Å². The van der Waals surface area contributed by atoms with Crippen LogP contribution in [0.2, 0.25) is 0 Å². The molecular weight excluding hydrogens is 324 g/mol. The predicted molar refractivity (Wildman–Crippen MR) is 94.7 cm³/mol. The zero-order valence-electron chi connectivity index (χ0n) is 15.3. The number of hydrogen-bond acceptors (Lipinski definition) is 6. The second-order valence-electron chi connectivity index (χ2n) is 5.84. The Morgan fingerprint density at radius 2 is 1.76 bits per heavy atom. The van der Waals surface area contributed by atoms with E-state index >= 15 is 0 Å². The Balaban J connectivity index is 1.80. The van der Waals surface area contributed by atoms with Gasteiger partial charge in [0.25, 0.3) is 0 Å². The van der Waals surface area contributed by atoms with Crippen molar-refractivity contribution in [3.63, 3.8) is 0 Å². The fourth-order valence-electron chi connectivity index (χ4n) is 2.80. The zero-order chi connectivity index (χ0) is 18.1. The van der Waals surface area contributed by atoms with Gasteiger partial charge in [-0.2, -0.15) is 0 Å². The number of ether oxygens (including phenoxy) is 4. The van der Waals surface area contributed by atoms with E-state index in [0.717, 1.165) is 38.4 Å². The van der Waals surface area contributed by atoms with Gasteiger partial charge in [0.1, 0.15) is 0 Å². The van der Waals surface area contributed by atoms with Crippen molar-refractivity contribution in [3.05, 3.63) is 17.7 Å². The molecule has 1 saturated heterocycles. The van der Waals surface area contributed by atoms with E-state index < -0.39 is 0 Å². The molecule has 0 bridgehead atoms. The van der Waals surface area contributed by atoms with E-state index in [1.54, 1.807) is 21.3 Å². The maximum Gasteiger partial charge on any atom is 0.220 e. The number of hydrogen-bond donors (Lipinski definition) is 1. The van der Waals surface area contributed by atoms with Gasteiger partial charge in [0.2, 0.25) is 11.7 Å². The summed E-state index contributed by atoms with van der Waals surface area (Å²) in [4.78, 5) is 14.3. The largest absolute Gasteiger partial charge is 0.493 e. The Bertz CT molecular complexity index is 533. The highest BCUT2D eigenvalue weighted by Crippen LogP contribution is 2.38. The summed E-state index contributed by atoms with van der Waals surface area (Å²) in [6.45, 7) is 4.93. The van der Waals surface area contributed by atoms with Crippen LogP contribution in [0.25, 0.3) is 0 Å². The van der Waals surface area contributed by atoms with E-state index in [9.17, 15) is 4.79 Å². The first-order chi connectivity index (χ1) is 12.2. The molecule has 1 fully saturated rings. The molecule has 0 unspecified atom stereocenters. The molecule has 1 aromatic rings. The summed E-state index contributed by atoms with van der Waals surface area (Å²) in [6.07, 6.45) is 1.03. The maximum atomic E-state index is 12.0. The van der Waals surface area contributed by atoms with Crippen LogP contribution in [0, 0.1) is 0 Å². The number of amides is 1. The molecule has 0 spiro atoms. The van der Waals surface area contributed by atoms with Crippen molar-refractivity contribution in [3.8, 4) is 17.2 Å². The van der Waals surface area contributed by atoms with Gasteiger partial charge in [-0.3, -0.25) is 9.69 Å². The number of benzene rings is 1. The summed E-state index contributed by atoms with van der Waals surface area (Å²) < 4.78 is 21.3. The Hall–Kier alpha value is -1.99. The summed E-state index contributed by atoms with van der Waals surface area (Å²) in [5.41, 5.74) is 0.970. The third-order valence-electron chi connectivity index (χ3n) is 4.22. The van der Waals surface area contributed by atoms with Gasteiger partial charge >= 0.3 is 0 Å². The highest BCUT2D eigenvalue weighted by molar-refractivity contribution is 5.76. The first-order valence-electron chi connectivity index (χ1n) is 8.53. The van der Waals surface area contributed by atoms with Crippen LogP contribution in [-0.2, 0) is 16.0 Å². The minimum atomic E-state index is 0.0435. The van der Waals surface area contributed by atoms with Crippen molar-refractivity contribution in [2.45, 2.75) is 12.8 Å². The highest BCUT2D eigenvalue weighted by Gasteiger charge is 2.14. The van der Waals surface area contributed by atoms with Gasteiger partial charge in [-0.05, 0) is 24.1 Å². The highest BCUT2D eigenvalue weighted by atomic mass is 16.5. The molecule has 1 N–H and O–H groups in total. The molecule has 7 nitrogen and oxygen atoms in total. The molecule has 0 radical (unpaired) electrons. The van der Waals surface area contributed by atoms with Crippen molar-refractivity contribution in [2.75, 3.05) is 60.7 Å². The third-order valence-corrected chi connectivity index (χ3v) is 4.22. The zero-order valence-corrected chi connectivity index (χ0v) is 15.3. The second-order valence-corrected chi connectivity index (χ2v) is 5.84. The molecule has 1 aliphatic heterocycles. The van der Waals surface area contributed by atoms with Crippen LogP contribution < -0.4 is 19.5 Å². The number of morpholine rings is 1. The molecule has 140 valence electrons. The van der Waals surface area contributed by atoms with Crippen molar-refractivity contribution >= 4 is 5.91 Å². The first-order valence-corrected chi connectivity index (χ1v) is 8.53. The second kappa shape index (κ2) is 10.1. The van der Waals surface area contributed by atoms with Gasteiger partial charge < -0.3 is 24.3 Å². The molecule has 1 aromatic carbocycles. The third kappa shape index (κ3) is 5.79. The van der Waals surface area contributed by atoms with Crippen LogP contribution in [0.1, 0.15) is 12.0 Å². The van der Waals surface area contributed by atoms with Crippen LogP contribution in [0.3, 0.4) is 0 Å². The normalized spacial score (nSPS) is 14.8. The fraction of sp³-hybridized carbons (Fsp3) is 0.611. The number of nitrogens with one attached hydrogen (secondary N) is 1. The minimum absolute atomic E-state index is 0.0435. The molecule has 7 heteroatoms. The first kappa shape index (κ1) is 19.3. The average molecular weight is 352 g/mol. The standard InChI is InChI=1S/C18H28N2O5/c1-22-15-12-14(13-16(23-2)18(15)24-3)4-5-17(21)19-6-7-20-8-10-25-11-9-20/h12-13H,4-11H2,1-3H3,(H,19,21). The molecule has 2 rings (SSSR count). The van der Waals surface area contributed by atoms with E-state index in [0.29, 0.717) is 36.6 Å². The Morgan fingerprint density at radius 3 is 2.32 bits per heavy atom. The number of carbonyl (C=O) groups excluding carboxylic acids is 1. The van der Waals surface area contributed by atoms with Crippen LogP contribution in [0.15, 0.2) is 12.1 Å². The molecule has 1 aliphatic rings. The van der Waals surface area contributed by atoms with Gasteiger partial charge in [0, 0.05) is 32.6 Å². The Labute approximate surface area is 149 Å². The van der Waals surface area contributed by atoms with Crippen LogP contribution >= 0.6 is 0 Å². The van der Waals surface area contributed by atoms with Crippen LogP contribution in [-0.4, -0.2) is 71.5 Å². The summed E-state index contributed by atoms with van der Waals surface area (Å²) in [5.74, 6) is 1.81. The van der Waals surface area contributed by atoms with Gasteiger partial charge in [-0.1, -0.05) is 0 Å². The monoisotopic (exact) mass is 352 g/mol. The quantitative estimate of drug-likeness (QED) is 0.718. The van der Waals surface area contributed by atoms with E-state index in [1.165, 1.54) is 0 Å². The topological polar surface area (TPSA) is 69.3 Å². The lowest BCUT2D eigenvalue weighted by atomic mass is 10.1. The molecule has 0 saturated carbocycles. The molecule has 0 atom stereocenters. The lowest BCUT2D eigenvalue weighted by Crippen LogP contribution is -2.41. The maximum absolute atomic E-state index is 12.0. The number of rotatable bonds is 9. The van der Waals surface area contributed by atoms with Crippen molar-refractivity contribution < 1.29 is 23.7 Å². The molecule has 1 heterocycles. The van der Waals surface area contributed by atoms with Crippen LogP contribution in [0.4, 0.5) is 0 Å². The fourth-order valence-corrected chi connectivity index (χ4v) is 2.80. The van der Waals surface area contributed by atoms with E-state index in [1.807, 2.05) is 12.1 Å².